The van der Waals surface area contributed by atoms with Gasteiger partial charge in [-0.3, -0.25) is 4.79 Å². The van der Waals surface area contributed by atoms with Crippen molar-refractivity contribution in [3.05, 3.63) is 96.7 Å². The summed E-state index contributed by atoms with van der Waals surface area (Å²) in [5, 5.41) is 23.8. The maximum absolute atomic E-state index is 12.6. The van der Waals surface area contributed by atoms with Crippen LogP contribution in [0.4, 0.5) is 10.5 Å². The molecule has 0 radical (unpaired) electrons. The minimum atomic E-state index is -1.29. The number of carboxylic acids is 1. The molecule has 0 aliphatic rings. The number of hydrogen-bond acceptors (Lipinski definition) is 4. The summed E-state index contributed by atoms with van der Waals surface area (Å²) in [5.74, 6) is -1.51. The molecule has 0 saturated heterocycles. The SMILES string of the molecule is CC/C=C\C/C=C\C/C=C\C/C=C\C/C=C\C/C=C\CC(CC)C(=O)CCCNC(=O)Nc1ccc(O)c(C(=O)O)c1. The molecule has 1 aromatic carbocycles. The lowest BCUT2D eigenvalue weighted by Gasteiger charge is -2.12. The zero-order valence-corrected chi connectivity index (χ0v) is 25.1. The van der Waals surface area contributed by atoms with Gasteiger partial charge < -0.3 is 20.8 Å². The normalized spacial score (nSPS) is 12.9. The Morgan fingerprint density at radius 3 is 1.81 bits per heavy atom. The number of benzene rings is 1. The van der Waals surface area contributed by atoms with Gasteiger partial charge in [-0.25, -0.2) is 9.59 Å². The van der Waals surface area contributed by atoms with Gasteiger partial charge in [0.15, 0.2) is 0 Å². The van der Waals surface area contributed by atoms with E-state index in [-0.39, 0.29) is 28.7 Å². The van der Waals surface area contributed by atoms with E-state index >= 15 is 0 Å². The molecule has 7 heteroatoms. The first-order valence-corrected chi connectivity index (χ1v) is 14.9. The molecule has 1 rings (SSSR count). The van der Waals surface area contributed by atoms with Crippen LogP contribution in [-0.2, 0) is 4.79 Å². The summed E-state index contributed by atoms with van der Waals surface area (Å²) in [4.78, 5) is 35.7. The van der Waals surface area contributed by atoms with Gasteiger partial charge in [-0.1, -0.05) is 86.8 Å². The van der Waals surface area contributed by atoms with Crippen LogP contribution in [-0.4, -0.2) is 34.5 Å². The van der Waals surface area contributed by atoms with Crippen molar-refractivity contribution in [1.82, 2.24) is 5.32 Å². The van der Waals surface area contributed by atoms with Gasteiger partial charge in [0.05, 0.1) is 0 Å². The van der Waals surface area contributed by atoms with Gasteiger partial charge in [0.2, 0.25) is 0 Å². The van der Waals surface area contributed by atoms with Crippen molar-refractivity contribution < 1.29 is 24.6 Å². The largest absolute Gasteiger partial charge is 0.507 e. The number of anilines is 1. The van der Waals surface area contributed by atoms with Crippen LogP contribution in [0.2, 0.25) is 0 Å². The van der Waals surface area contributed by atoms with Crippen LogP contribution in [0.1, 0.15) is 88.4 Å². The highest BCUT2D eigenvalue weighted by atomic mass is 16.4. The zero-order valence-electron chi connectivity index (χ0n) is 25.1. The molecule has 0 aromatic heterocycles. The molecule has 42 heavy (non-hydrogen) atoms. The second-order valence-electron chi connectivity index (χ2n) is 9.74. The number of rotatable bonds is 21. The first-order chi connectivity index (χ1) is 20.4. The number of allylic oxidation sites excluding steroid dienone is 12. The Morgan fingerprint density at radius 2 is 1.31 bits per heavy atom. The minimum Gasteiger partial charge on any atom is -0.507 e. The Labute approximate surface area is 251 Å². The number of carbonyl (C=O) groups excluding carboxylic acids is 2. The van der Waals surface area contributed by atoms with Gasteiger partial charge in [0.25, 0.3) is 0 Å². The summed E-state index contributed by atoms with van der Waals surface area (Å²) in [5.41, 5.74) is -0.0443. The number of aromatic carboxylic acids is 1. The molecule has 1 unspecified atom stereocenters. The Bertz CT molecular complexity index is 1130. The van der Waals surface area contributed by atoms with Crippen molar-refractivity contribution in [3.63, 3.8) is 0 Å². The third-order valence-electron chi connectivity index (χ3n) is 6.34. The molecule has 0 fully saturated rings. The molecule has 0 saturated carbocycles. The number of amides is 2. The number of carbonyl (C=O) groups is 3. The van der Waals surface area contributed by atoms with Gasteiger partial charge in [0.1, 0.15) is 17.1 Å². The highest BCUT2D eigenvalue weighted by Gasteiger charge is 2.15. The number of carboxylic acid groups (broad SMARTS) is 1. The lowest BCUT2D eigenvalue weighted by molar-refractivity contribution is -0.122. The highest BCUT2D eigenvalue weighted by molar-refractivity contribution is 5.95. The summed E-state index contributed by atoms with van der Waals surface area (Å²) < 4.78 is 0. The first kappa shape index (κ1) is 35.9. The van der Waals surface area contributed by atoms with Gasteiger partial charge in [-0.15, -0.1) is 0 Å². The first-order valence-electron chi connectivity index (χ1n) is 14.9. The average molecular weight is 577 g/mol. The fourth-order valence-electron chi connectivity index (χ4n) is 3.94. The van der Waals surface area contributed by atoms with Crippen molar-refractivity contribution in [3.8, 4) is 5.75 Å². The molecule has 0 heterocycles. The van der Waals surface area contributed by atoms with Crippen molar-refractivity contribution in [2.45, 2.75) is 78.1 Å². The summed E-state index contributed by atoms with van der Waals surface area (Å²) in [7, 11) is 0. The number of phenols is 1. The van der Waals surface area contributed by atoms with E-state index in [1.807, 2.05) is 6.92 Å². The molecule has 0 spiro atoms. The molecule has 0 bridgehead atoms. The quantitative estimate of drug-likeness (QED) is 0.0664. The van der Waals surface area contributed by atoms with Crippen LogP contribution in [0.5, 0.6) is 5.75 Å². The van der Waals surface area contributed by atoms with E-state index in [1.54, 1.807) is 0 Å². The van der Waals surface area contributed by atoms with E-state index in [9.17, 15) is 19.5 Å². The number of aromatic hydroxyl groups is 1. The maximum Gasteiger partial charge on any atom is 0.339 e. The van der Waals surface area contributed by atoms with Crippen LogP contribution in [0.3, 0.4) is 0 Å². The molecule has 7 nitrogen and oxygen atoms in total. The zero-order chi connectivity index (χ0) is 30.8. The Balaban J connectivity index is 2.18. The summed E-state index contributed by atoms with van der Waals surface area (Å²) in [6.07, 6.45) is 34.1. The van der Waals surface area contributed by atoms with E-state index in [0.717, 1.165) is 44.9 Å². The summed E-state index contributed by atoms with van der Waals surface area (Å²) in [6.45, 7) is 4.47. The Kier molecular flexibility index (Phi) is 20.1. The van der Waals surface area contributed by atoms with Crippen LogP contribution in [0.15, 0.2) is 91.1 Å². The maximum atomic E-state index is 12.6. The van der Waals surface area contributed by atoms with Crippen molar-refractivity contribution in [1.29, 1.82) is 0 Å². The molecule has 0 aliphatic carbocycles. The molecular weight excluding hydrogens is 528 g/mol. The van der Waals surface area contributed by atoms with E-state index < -0.39 is 12.0 Å². The second kappa shape index (κ2) is 23.6. The van der Waals surface area contributed by atoms with Crippen LogP contribution < -0.4 is 10.6 Å². The molecule has 228 valence electrons. The Hall–Kier alpha value is -4.13. The van der Waals surface area contributed by atoms with Crippen LogP contribution in [0.25, 0.3) is 0 Å². The van der Waals surface area contributed by atoms with E-state index in [2.05, 4.69) is 90.5 Å². The molecule has 1 atom stereocenters. The number of hydrogen-bond donors (Lipinski definition) is 4. The standard InChI is InChI=1S/C35H48N2O5/c1-3-5-6-7-8-9-10-11-12-13-14-15-16-17-18-19-20-21-23-29(4-2)32(38)24-22-27-36-35(42)37-30-25-26-33(39)31(28-30)34(40)41/h5-6,8-9,11-12,14-15,17-18,20-21,25-26,28-29,39H,3-4,7,10,13,16,19,22-24,27H2,1-2H3,(H,40,41)(H2,36,37,42)/b6-5-,9-8-,12-11-,15-14-,18-17-,21-20-. The third kappa shape index (κ3) is 17.5. The van der Waals surface area contributed by atoms with E-state index in [0.29, 0.717) is 25.8 Å². The average Bonchev–Trinajstić information content (AvgIpc) is 2.97. The van der Waals surface area contributed by atoms with Crippen molar-refractivity contribution >= 4 is 23.5 Å². The van der Waals surface area contributed by atoms with Gasteiger partial charge in [0, 0.05) is 24.6 Å². The smallest absolute Gasteiger partial charge is 0.339 e. The van der Waals surface area contributed by atoms with Gasteiger partial charge >= 0.3 is 12.0 Å². The molecule has 2 amide bonds. The predicted octanol–water partition coefficient (Wildman–Crippen LogP) is 8.68. The molecular formula is C35H48N2O5. The van der Waals surface area contributed by atoms with Gasteiger partial charge in [-0.2, -0.15) is 0 Å². The molecule has 0 aliphatic heterocycles. The lowest BCUT2D eigenvalue weighted by Crippen LogP contribution is -2.30. The second-order valence-corrected chi connectivity index (χ2v) is 9.74. The van der Waals surface area contributed by atoms with E-state index in [4.69, 9.17) is 5.11 Å². The van der Waals surface area contributed by atoms with Crippen LogP contribution in [0, 0.1) is 5.92 Å². The Morgan fingerprint density at radius 1 is 0.786 bits per heavy atom. The van der Waals surface area contributed by atoms with Crippen molar-refractivity contribution in [2.24, 2.45) is 5.92 Å². The molecule has 4 N–H and O–H groups in total. The fraction of sp³-hybridized carbons (Fsp3) is 0.400. The number of ketones is 1. The van der Waals surface area contributed by atoms with E-state index in [1.165, 1.54) is 18.2 Å². The number of nitrogens with one attached hydrogen (secondary N) is 2. The topological polar surface area (TPSA) is 116 Å². The lowest BCUT2D eigenvalue weighted by atomic mass is 9.94. The summed E-state index contributed by atoms with van der Waals surface area (Å²) in [6, 6.07) is 3.29. The monoisotopic (exact) mass is 576 g/mol. The highest BCUT2D eigenvalue weighted by Crippen LogP contribution is 2.21. The van der Waals surface area contributed by atoms with Gasteiger partial charge in [-0.05, 0) is 76.0 Å². The molecule has 1 aromatic rings. The third-order valence-corrected chi connectivity index (χ3v) is 6.34. The fourth-order valence-corrected chi connectivity index (χ4v) is 3.94. The number of Topliss-reactive ketones (excluding diaryl/α,β-unsaturated/α-hetero) is 1. The minimum absolute atomic E-state index is 0.0325. The summed E-state index contributed by atoms with van der Waals surface area (Å²) >= 11 is 0. The van der Waals surface area contributed by atoms with Crippen LogP contribution >= 0.6 is 0 Å². The predicted molar refractivity (Wildman–Crippen MR) is 173 cm³/mol. The number of urea groups is 1. The van der Waals surface area contributed by atoms with Crippen molar-refractivity contribution in [2.75, 3.05) is 11.9 Å².